The van der Waals surface area contributed by atoms with Crippen molar-refractivity contribution in [2.75, 3.05) is 29.0 Å². The van der Waals surface area contributed by atoms with Crippen LogP contribution in [0.25, 0.3) is 0 Å². The molecule has 2 aromatic rings. The van der Waals surface area contributed by atoms with Crippen LogP contribution >= 0.6 is 11.3 Å². The van der Waals surface area contributed by atoms with E-state index in [0.717, 1.165) is 21.7 Å². The minimum atomic E-state index is -3.61. The van der Waals surface area contributed by atoms with E-state index in [1.807, 2.05) is 0 Å². The lowest BCUT2D eigenvalue weighted by atomic mass is 10.3. The third-order valence-electron chi connectivity index (χ3n) is 3.98. The smallest absolute Gasteiger partial charge is 0.409 e. The molecule has 14 heteroatoms. The van der Waals surface area contributed by atoms with E-state index in [1.54, 1.807) is 13.0 Å². The summed E-state index contributed by atoms with van der Waals surface area (Å²) in [6.07, 6.45) is 3.37. The Hall–Kier alpha value is -3.26. The number of rotatable bonds is 6. The molecule has 1 amide bonds. The molecule has 12 nitrogen and oxygen atoms in total. The number of carbonyl (C=O) groups excluding carboxylic acids is 1. The first kappa shape index (κ1) is 21.4. The Bertz CT molecular complexity index is 1180. The molecule has 0 unspecified atom stereocenters. The summed E-state index contributed by atoms with van der Waals surface area (Å²) in [6.45, 7) is 1.94. The Balaban J connectivity index is 1.89. The number of anilines is 2. The number of methoxy groups -OCH3 is 1. The van der Waals surface area contributed by atoms with Gasteiger partial charge in [0.15, 0.2) is 5.76 Å². The van der Waals surface area contributed by atoms with Gasteiger partial charge in [0.25, 0.3) is 5.91 Å². The van der Waals surface area contributed by atoms with E-state index < -0.39 is 27.3 Å². The lowest BCUT2D eigenvalue weighted by molar-refractivity contribution is -0.353. The van der Waals surface area contributed by atoms with Crippen LogP contribution < -0.4 is 30.7 Å². The van der Waals surface area contributed by atoms with E-state index in [1.165, 1.54) is 13.3 Å². The fraction of sp³-hybridized carbons (Fsp3) is 0.312. The minimum absolute atomic E-state index is 0.0465. The quantitative estimate of drug-likeness (QED) is 0.459. The molecule has 0 atom stereocenters. The SMILES string of the molecule is COc1c(N2CCCS2(=O)=O)cc(C(=O)Nc2nnc(/[NH+]=C(C)/C=C\N)s2)oc1=O. The molecule has 1 saturated heterocycles. The van der Waals surface area contributed by atoms with Crippen LogP contribution in [0.15, 0.2) is 27.6 Å². The second kappa shape index (κ2) is 8.62. The molecule has 2 aromatic heterocycles. The first-order valence-electron chi connectivity index (χ1n) is 8.61. The fourth-order valence-corrected chi connectivity index (χ4v) is 4.96. The third kappa shape index (κ3) is 4.49. The Morgan fingerprint density at radius 1 is 1.47 bits per heavy atom. The highest BCUT2D eigenvalue weighted by atomic mass is 32.2. The largest absolute Gasteiger partial charge is 0.488 e. The van der Waals surface area contributed by atoms with Crippen LogP contribution in [-0.2, 0) is 10.0 Å². The van der Waals surface area contributed by atoms with Crippen molar-refractivity contribution in [3.63, 3.8) is 0 Å². The number of aromatic nitrogens is 2. The molecule has 0 spiro atoms. The Labute approximate surface area is 175 Å². The fourth-order valence-electron chi connectivity index (χ4n) is 2.70. The molecule has 0 radical (unpaired) electrons. The van der Waals surface area contributed by atoms with Gasteiger partial charge >= 0.3 is 10.8 Å². The van der Waals surface area contributed by atoms with Gasteiger partial charge in [0, 0.05) is 12.6 Å². The number of sulfonamides is 1. The predicted octanol–water partition coefficient (Wildman–Crippen LogP) is -1.06. The number of nitrogens with two attached hydrogens (primary N) is 1. The second-order valence-corrected chi connectivity index (χ2v) is 9.08. The highest BCUT2D eigenvalue weighted by molar-refractivity contribution is 7.93. The number of amides is 1. The van der Waals surface area contributed by atoms with Gasteiger partial charge in [0.2, 0.25) is 20.9 Å². The summed E-state index contributed by atoms with van der Waals surface area (Å²) in [7, 11) is -2.39. The normalized spacial score (nSPS) is 16.2. The highest BCUT2D eigenvalue weighted by Gasteiger charge is 2.33. The summed E-state index contributed by atoms with van der Waals surface area (Å²) in [5, 5.41) is 10.7. The number of carbonyl (C=O) groups is 1. The first-order valence-corrected chi connectivity index (χ1v) is 11.0. The third-order valence-corrected chi connectivity index (χ3v) is 6.59. The molecule has 30 heavy (non-hydrogen) atoms. The van der Waals surface area contributed by atoms with Crippen LogP contribution in [0.4, 0.5) is 16.0 Å². The van der Waals surface area contributed by atoms with Gasteiger partial charge in [-0.05, 0) is 42.1 Å². The molecule has 0 saturated carbocycles. The zero-order chi connectivity index (χ0) is 21.9. The van der Waals surface area contributed by atoms with Crippen molar-refractivity contribution in [1.29, 1.82) is 0 Å². The van der Waals surface area contributed by atoms with Crippen LogP contribution in [0.5, 0.6) is 5.75 Å². The maximum atomic E-state index is 12.6. The summed E-state index contributed by atoms with van der Waals surface area (Å²) in [6, 6.07) is 1.16. The number of allylic oxidation sites excluding steroid dienone is 1. The predicted molar refractivity (Wildman–Crippen MR) is 110 cm³/mol. The van der Waals surface area contributed by atoms with Crippen molar-refractivity contribution in [3.8, 4) is 5.75 Å². The Kier molecular flexibility index (Phi) is 6.17. The number of ether oxygens (including phenoxy) is 1. The molecule has 3 heterocycles. The van der Waals surface area contributed by atoms with E-state index >= 15 is 0 Å². The monoisotopic (exact) mass is 455 g/mol. The molecule has 160 valence electrons. The zero-order valence-electron chi connectivity index (χ0n) is 16.0. The average molecular weight is 455 g/mol. The lowest BCUT2D eigenvalue weighted by Gasteiger charge is -2.19. The molecular formula is C16H19N6O6S2+. The number of nitrogens with zero attached hydrogens (tertiary/aromatic N) is 3. The van der Waals surface area contributed by atoms with E-state index in [9.17, 15) is 18.0 Å². The molecule has 1 aliphatic rings. The standard InChI is InChI=1S/C16H18N6O6S2/c1-9(4-5-17)18-15-20-21-16(29-15)19-13(23)11-8-10(12(27-2)14(24)28-11)22-6-3-7-30(22,25)26/h4-5,8H,3,6-7,17H2,1-2H3,(H,19,21,23)/p+1/b5-4-,18-9+. The molecule has 0 bridgehead atoms. The van der Waals surface area contributed by atoms with Crippen LogP contribution in [-0.4, -0.2) is 49.6 Å². The maximum Gasteiger partial charge on any atom is 0.409 e. The topological polar surface area (TPSA) is 172 Å². The summed E-state index contributed by atoms with van der Waals surface area (Å²) in [4.78, 5) is 27.8. The average Bonchev–Trinajstić information content (AvgIpc) is 3.26. The van der Waals surface area contributed by atoms with Crippen LogP contribution in [0.2, 0.25) is 0 Å². The molecule has 4 N–H and O–H groups in total. The minimum Gasteiger partial charge on any atom is -0.488 e. The van der Waals surface area contributed by atoms with Crippen LogP contribution in [0.1, 0.15) is 23.9 Å². The number of hydrogen-bond acceptors (Lipinski definition) is 10. The second-order valence-electron chi connectivity index (χ2n) is 6.09. The summed E-state index contributed by atoms with van der Waals surface area (Å²) in [5.74, 6) is -1.54. The summed E-state index contributed by atoms with van der Waals surface area (Å²) >= 11 is 1.04. The Morgan fingerprint density at radius 2 is 2.23 bits per heavy atom. The van der Waals surface area contributed by atoms with Gasteiger partial charge in [0.1, 0.15) is 11.4 Å². The van der Waals surface area contributed by atoms with Gasteiger partial charge in [-0.3, -0.25) is 14.4 Å². The number of hydrogen-bond donors (Lipinski definition) is 3. The van der Waals surface area contributed by atoms with Gasteiger partial charge in [0.05, 0.1) is 18.0 Å². The molecule has 3 rings (SSSR count). The molecular weight excluding hydrogens is 436 g/mol. The van der Waals surface area contributed by atoms with Gasteiger partial charge in [-0.1, -0.05) is 0 Å². The Morgan fingerprint density at radius 3 is 2.87 bits per heavy atom. The van der Waals surface area contributed by atoms with Crippen LogP contribution in [0.3, 0.4) is 0 Å². The summed E-state index contributed by atoms with van der Waals surface area (Å²) in [5.41, 5.74) is 5.00. The van der Waals surface area contributed by atoms with Crippen molar-refractivity contribution in [1.82, 2.24) is 10.2 Å². The molecule has 0 aromatic carbocycles. The van der Waals surface area contributed by atoms with Crippen molar-refractivity contribution in [2.24, 2.45) is 5.73 Å². The zero-order valence-corrected chi connectivity index (χ0v) is 17.7. The molecule has 0 aliphatic carbocycles. The van der Waals surface area contributed by atoms with E-state index in [0.29, 0.717) is 17.3 Å². The van der Waals surface area contributed by atoms with Crippen LogP contribution in [0, 0.1) is 0 Å². The molecule has 1 fully saturated rings. The van der Waals surface area contributed by atoms with Gasteiger partial charge in [-0.25, -0.2) is 18.2 Å². The van der Waals surface area contributed by atoms with E-state index in [4.69, 9.17) is 14.9 Å². The van der Waals surface area contributed by atoms with Gasteiger partial charge in [-0.15, -0.1) is 0 Å². The van der Waals surface area contributed by atoms with Crippen molar-refractivity contribution < 1.29 is 27.4 Å². The lowest BCUT2D eigenvalue weighted by Crippen LogP contribution is -2.65. The van der Waals surface area contributed by atoms with E-state index in [2.05, 4.69) is 20.5 Å². The van der Waals surface area contributed by atoms with E-state index in [-0.39, 0.29) is 28.9 Å². The summed E-state index contributed by atoms with van der Waals surface area (Å²) < 4.78 is 35.5. The first-order chi connectivity index (χ1) is 14.2. The number of nitrogens with one attached hydrogen (secondary N) is 2. The van der Waals surface area contributed by atoms with Gasteiger partial charge < -0.3 is 14.9 Å². The van der Waals surface area contributed by atoms with Crippen molar-refractivity contribution >= 4 is 48.9 Å². The highest BCUT2D eigenvalue weighted by Crippen LogP contribution is 2.31. The maximum absolute atomic E-state index is 12.6. The van der Waals surface area contributed by atoms with Crippen molar-refractivity contribution in [2.45, 2.75) is 13.3 Å². The van der Waals surface area contributed by atoms with Crippen molar-refractivity contribution in [3.05, 3.63) is 34.5 Å². The van der Waals surface area contributed by atoms with Gasteiger partial charge in [-0.2, -0.15) is 0 Å². The molecule has 1 aliphatic heterocycles.